The van der Waals surface area contributed by atoms with E-state index >= 15 is 0 Å². The van der Waals surface area contributed by atoms with Crippen LogP contribution in [0.2, 0.25) is 0 Å². The van der Waals surface area contributed by atoms with Crippen molar-refractivity contribution in [2.45, 2.75) is 25.8 Å². The van der Waals surface area contributed by atoms with Crippen molar-refractivity contribution in [3.63, 3.8) is 0 Å². The Kier molecular flexibility index (Phi) is 5.23. The fourth-order valence-corrected chi connectivity index (χ4v) is 2.78. The number of rotatable bonds is 5. The third-order valence-corrected chi connectivity index (χ3v) is 4.10. The van der Waals surface area contributed by atoms with Crippen LogP contribution >= 0.6 is 0 Å². The standard InChI is InChI=1S/C16H27N3/c1-14-7-4-5-9-16(14)17-10-12-19-11-6-8-15(13-19)18(2)3/h4-5,7,9,15,17H,6,8,10-13H2,1-3H3. The van der Waals surface area contributed by atoms with Crippen molar-refractivity contribution >= 4 is 5.69 Å². The molecule has 0 aliphatic carbocycles. The number of nitrogens with one attached hydrogen (secondary N) is 1. The van der Waals surface area contributed by atoms with Crippen molar-refractivity contribution in [2.24, 2.45) is 0 Å². The lowest BCUT2D eigenvalue weighted by molar-refractivity contribution is 0.137. The molecule has 0 aromatic heterocycles. The van der Waals surface area contributed by atoms with Gasteiger partial charge in [-0.05, 0) is 52.0 Å². The van der Waals surface area contributed by atoms with Crippen molar-refractivity contribution in [1.29, 1.82) is 0 Å². The summed E-state index contributed by atoms with van der Waals surface area (Å²) in [4.78, 5) is 4.94. The Morgan fingerprint density at radius 2 is 2.11 bits per heavy atom. The van der Waals surface area contributed by atoms with Gasteiger partial charge in [0.25, 0.3) is 0 Å². The molecule has 3 nitrogen and oxygen atoms in total. The van der Waals surface area contributed by atoms with Crippen LogP contribution in [-0.2, 0) is 0 Å². The summed E-state index contributed by atoms with van der Waals surface area (Å²) < 4.78 is 0. The van der Waals surface area contributed by atoms with E-state index in [-0.39, 0.29) is 0 Å². The molecule has 1 atom stereocenters. The zero-order valence-corrected chi connectivity index (χ0v) is 12.5. The molecule has 1 N–H and O–H groups in total. The average molecular weight is 261 g/mol. The van der Waals surface area contributed by atoms with E-state index in [4.69, 9.17) is 0 Å². The molecule has 1 aliphatic rings. The number of para-hydroxylation sites is 1. The number of aryl methyl sites for hydroxylation is 1. The van der Waals surface area contributed by atoms with Gasteiger partial charge >= 0.3 is 0 Å². The number of anilines is 1. The second kappa shape index (κ2) is 6.92. The van der Waals surface area contributed by atoms with Gasteiger partial charge in [0.15, 0.2) is 0 Å². The lowest BCUT2D eigenvalue weighted by Crippen LogP contribution is -2.46. The first-order valence-corrected chi connectivity index (χ1v) is 7.35. The van der Waals surface area contributed by atoms with Gasteiger partial charge in [0.2, 0.25) is 0 Å². The Bertz CT molecular complexity index is 389. The summed E-state index contributed by atoms with van der Waals surface area (Å²) in [6.45, 7) is 6.79. The van der Waals surface area contributed by atoms with Gasteiger partial charge in [0.05, 0.1) is 0 Å². The van der Waals surface area contributed by atoms with Crippen LogP contribution in [0.3, 0.4) is 0 Å². The molecule has 0 spiro atoms. The molecule has 1 heterocycles. The van der Waals surface area contributed by atoms with Gasteiger partial charge in [-0.2, -0.15) is 0 Å². The Labute approximate surface area is 117 Å². The molecular weight excluding hydrogens is 234 g/mol. The SMILES string of the molecule is Cc1ccccc1NCCN1CCCC(N(C)C)C1. The predicted molar refractivity (Wildman–Crippen MR) is 82.8 cm³/mol. The molecule has 1 unspecified atom stereocenters. The number of nitrogens with zero attached hydrogens (tertiary/aromatic N) is 2. The van der Waals surface area contributed by atoms with Gasteiger partial charge in [-0.3, -0.25) is 0 Å². The zero-order chi connectivity index (χ0) is 13.7. The van der Waals surface area contributed by atoms with Gasteiger partial charge < -0.3 is 15.1 Å². The topological polar surface area (TPSA) is 18.5 Å². The normalized spacial score (nSPS) is 20.7. The van der Waals surface area contributed by atoms with Crippen molar-refractivity contribution in [3.05, 3.63) is 29.8 Å². The number of likely N-dealkylation sites (N-methyl/N-ethyl adjacent to an activating group) is 1. The van der Waals surface area contributed by atoms with Crippen LogP contribution in [0.4, 0.5) is 5.69 Å². The summed E-state index contributed by atoms with van der Waals surface area (Å²) >= 11 is 0. The number of piperidine rings is 1. The molecular formula is C16H27N3. The first-order valence-electron chi connectivity index (χ1n) is 7.35. The molecule has 1 saturated heterocycles. The lowest BCUT2D eigenvalue weighted by Gasteiger charge is -2.36. The van der Waals surface area contributed by atoms with Crippen molar-refractivity contribution in [1.82, 2.24) is 9.80 Å². The Morgan fingerprint density at radius 1 is 1.32 bits per heavy atom. The summed E-state index contributed by atoms with van der Waals surface area (Å²) in [5, 5.41) is 3.55. The molecule has 1 aromatic carbocycles. The van der Waals surface area contributed by atoms with E-state index < -0.39 is 0 Å². The summed E-state index contributed by atoms with van der Waals surface area (Å²) in [5.41, 5.74) is 2.59. The van der Waals surface area contributed by atoms with Crippen LogP contribution < -0.4 is 5.32 Å². The smallest absolute Gasteiger partial charge is 0.0370 e. The molecule has 3 heteroatoms. The van der Waals surface area contributed by atoms with Crippen LogP contribution in [0, 0.1) is 6.92 Å². The van der Waals surface area contributed by atoms with E-state index in [1.54, 1.807) is 0 Å². The van der Waals surface area contributed by atoms with Crippen molar-refractivity contribution in [2.75, 3.05) is 45.6 Å². The Hall–Kier alpha value is -1.06. The maximum absolute atomic E-state index is 3.55. The van der Waals surface area contributed by atoms with Crippen LogP contribution in [0.25, 0.3) is 0 Å². The zero-order valence-electron chi connectivity index (χ0n) is 12.5. The molecule has 0 amide bonds. The summed E-state index contributed by atoms with van der Waals surface area (Å²) in [5.74, 6) is 0. The first kappa shape index (κ1) is 14.4. The average Bonchev–Trinajstić information content (AvgIpc) is 2.41. The molecule has 19 heavy (non-hydrogen) atoms. The molecule has 2 rings (SSSR count). The molecule has 0 bridgehead atoms. The van der Waals surface area contributed by atoms with E-state index in [1.807, 2.05) is 0 Å². The van der Waals surface area contributed by atoms with Gasteiger partial charge in [-0.1, -0.05) is 18.2 Å². The number of benzene rings is 1. The predicted octanol–water partition coefficient (Wildman–Crippen LogP) is 2.43. The number of hydrogen-bond acceptors (Lipinski definition) is 3. The molecule has 0 radical (unpaired) electrons. The van der Waals surface area contributed by atoms with Gasteiger partial charge in [-0.15, -0.1) is 0 Å². The van der Waals surface area contributed by atoms with Crippen LogP contribution in [-0.4, -0.2) is 56.1 Å². The monoisotopic (exact) mass is 261 g/mol. The molecule has 0 saturated carbocycles. The first-order chi connectivity index (χ1) is 9.16. The Morgan fingerprint density at radius 3 is 2.84 bits per heavy atom. The third-order valence-electron chi connectivity index (χ3n) is 4.10. The van der Waals surface area contributed by atoms with E-state index in [0.717, 1.165) is 19.1 Å². The molecule has 106 valence electrons. The fraction of sp³-hybridized carbons (Fsp3) is 0.625. The number of likely N-dealkylation sites (tertiary alicyclic amines) is 1. The van der Waals surface area contributed by atoms with E-state index in [2.05, 4.69) is 60.4 Å². The highest BCUT2D eigenvalue weighted by Gasteiger charge is 2.20. The van der Waals surface area contributed by atoms with E-state index in [1.165, 1.54) is 37.2 Å². The molecule has 1 fully saturated rings. The number of hydrogen-bond donors (Lipinski definition) is 1. The van der Waals surface area contributed by atoms with Crippen LogP contribution in [0.1, 0.15) is 18.4 Å². The van der Waals surface area contributed by atoms with Crippen LogP contribution in [0.5, 0.6) is 0 Å². The quantitative estimate of drug-likeness (QED) is 0.878. The minimum atomic E-state index is 0.729. The van der Waals surface area contributed by atoms with Gasteiger partial charge in [-0.25, -0.2) is 0 Å². The maximum atomic E-state index is 3.55. The maximum Gasteiger partial charge on any atom is 0.0370 e. The Balaban J connectivity index is 1.75. The van der Waals surface area contributed by atoms with E-state index in [9.17, 15) is 0 Å². The highest BCUT2D eigenvalue weighted by atomic mass is 15.2. The highest BCUT2D eigenvalue weighted by Crippen LogP contribution is 2.15. The second-order valence-electron chi connectivity index (χ2n) is 5.80. The largest absolute Gasteiger partial charge is 0.384 e. The lowest BCUT2D eigenvalue weighted by atomic mass is 10.1. The van der Waals surface area contributed by atoms with Gasteiger partial charge in [0.1, 0.15) is 0 Å². The van der Waals surface area contributed by atoms with Gasteiger partial charge in [0, 0.05) is 31.4 Å². The minimum absolute atomic E-state index is 0.729. The minimum Gasteiger partial charge on any atom is -0.384 e. The molecule has 1 aliphatic heterocycles. The van der Waals surface area contributed by atoms with Crippen molar-refractivity contribution < 1.29 is 0 Å². The van der Waals surface area contributed by atoms with Crippen LogP contribution in [0.15, 0.2) is 24.3 Å². The third kappa shape index (κ3) is 4.22. The fourth-order valence-electron chi connectivity index (χ4n) is 2.78. The van der Waals surface area contributed by atoms with Crippen molar-refractivity contribution in [3.8, 4) is 0 Å². The molecule has 1 aromatic rings. The summed E-state index contributed by atoms with van der Waals surface area (Å²) in [6.07, 6.45) is 2.67. The second-order valence-corrected chi connectivity index (χ2v) is 5.80. The highest BCUT2D eigenvalue weighted by molar-refractivity contribution is 5.50. The summed E-state index contributed by atoms with van der Waals surface area (Å²) in [6, 6.07) is 9.23. The summed E-state index contributed by atoms with van der Waals surface area (Å²) in [7, 11) is 4.39. The van der Waals surface area contributed by atoms with E-state index in [0.29, 0.717) is 0 Å².